The van der Waals surface area contributed by atoms with Crippen LogP contribution in [0.2, 0.25) is 0 Å². The van der Waals surface area contributed by atoms with Crippen molar-refractivity contribution in [2.45, 2.75) is 38.8 Å². The van der Waals surface area contributed by atoms with Crippen LogP contribution in [0, 0.1) is 11.7 Å². The van der Waals surface area contributed by atoms with E-state index in [0.717, 1.165) is 6.42 Å². The predicted molar refractivity (Wildman–Crippen MR) is 71.1 cm³/mol. The third kappa shape index (κ3) is 4.37. The van der Waals surface area contributed by atoms with E-state index in [2.05, 4.69) is 29.8 Å². The highest BCUT2D eigenvalue weighted by molar-refractivity contribution is 9.10. The quantitative estimate of drug-likeness (QED) is 0.876. The molecule has 2 nitrogen and oxygen atoms in total. The topological polar surface area (TPSA) is 46.2 Å². The predicted octanol–water partition coefficient (Wildman–Crippen LogP) is 3.39. The fraction of sp³-hybridized carbons (Fsp3) is 0.538. The average molecular weight is 304 g/mol. The zero-order valence-electron chi connectivity index (χ0n) is 10.2. The van der Waals surface area contributed by atoms with Gasteiger partial charge in [-0.3, -0.25) is 0 Å². The number of nitrogens with two attached hydrogens (primary N) is 1. The lowest BCUT2D eigenvalue weighted by Crippen LogP contribution is -2.27. The molecule has 0 amide bonds. The van der Waals surface area contributed by atoms with Gasteiger partial charge in [0, 0.05) is 10.0 Å². The summed E-state index contributed by atoms with van der Waals surface area (Å²) in [5, 5.41) is 9.91. The molecule has 0 heterocycles. The fourth-order valence-electron chi connectivity index (χ4n) is 1.66. The van der Waals surface area contributed by atoms with E-state index in [4.69, 9.17) is 5.73 Å². The first-order valence-electron chi connectivity index (χ1n) is 5.80. The Labute approximate surface area is 110 Å². The van der Waals surface area contributed by atoms with Gasteiger partial charge in [0.15, 0.2) is 0 Å². The monoisotopic (exact) mass is 303 g/mol. The number of benzene rings is 1. The fourth-order valence-corrected chi connectivity index (χ4v) is 2.00. The van der Waals surface area contributed by atoms with E-state index in [1.807, 2.05) is 0 Å². The van der Waals surface area contributed by atoms with Gasteiger partial charge in [0.2, 0.25) is 0 Å². The van der Waals surface area contributed by atoms with Crippen molar-refractivity contribution in [1.82, 2.24) is 0 Å². The summed E-state index contributed by atoms with van der Waals surface area (Å²) in [5.74, 6) is 0.127. The maximum absolute atomic E-state index is 13.6. The molecule has 0 bridgehead atoms. The standard InChI is InChI=1S/C13H19BrFNO/c1-8(2)3-6-12(17)13(16)10-5-4-9(14)7-11(10)15/h4-5,7-8,12-13,17H,3,6,16H2,1-2H3/t12-,13+/m1/s1. The largest absolute Gasteiger partial charge is 0.391 e. The molecule has 0 saturated carbocycles. The second-order valence-corrected chi connectivity index (χ2v) is 5.65. The number of halogens is 2. The number of hydrogen-bond acceptors (Lipinski definition) is 2. The Bertz CT molecular complexity index is 370. The molecule has 1 rings (SSSR count). The minimum atomic E-state index is -0.701. The summed E-state index contributed by atoms with van der Waals surface area (Å²) in [6, 6.07) is 4.04. The molecule has 17 heavy (non-hydrogen) atoms. The van der Waals surface area contributed by atoms with Gasteiger partial charge in [-0.1, -0.05) is 35.8 Å². The Hall–Kier alpha value is -0.450. The van der Waals surface area contributed by atoms with E-state index in [9.17, 15) is 9.50 Å². The molecule has 0 aliphatic rings. The Morgan fingerprint density at radius 1 is 1.35 bits per heavy atom. The van der Waals surface area contributed by atoms with Gasteiger partial charge >= 0.3 is 0 Å². The van der Waals surface area contributed by atoms with Gasteiger partial charge in [0.05, 0.1) is 12.1 Å². The summed E-state index contributed by atoms with van der Waals surface area (Å²) < 4.78 is 14.3. The minimum absolute atomic E-state index is 0.365. The Balaban J connectivity index is 2.71. The molecule has 4 heteroatoms. The van der Waals surface area contributed by atoms with Gasteiger partial charge in [-0.2, -0.15) is 0 Å². The van der Waals surface area contributed by atoms with E-state index in [1.54, 1.807) is 12.1 Å². The molecule has 96 valence electrons. The van der Waals surface area contributed by atoms with E-state index in [0.29, 0.717) is 22.4 Å². The van der Waals surface area contributed by atoms with Crippen LogP contribution in [-0.4, -0.2) is 11.2 Å². The van der Waals surface area contributed by atoms with Crippen LogP contribution in [0.3, 0.4) is 0 Å². The molecule has 0 saturated heterocycles. The van der Waals surface area contributed by atoms with Crippen molar-refractivity contribution in [1.29, 1.82) is 0 Å². The second kappa shape index (κ2) is 6.47. The first-order valence-corrected chi connectivity index (χ1v) is 6.59. The number of hydrogen-bond donors (Lipinski definition) is 2. The van der Waals surface area contributed by atoms with Crippen molar-refractivity contribution in [3.63, 3.8) is 0 Å². The maximum Gasteiger partial charge on any atom is 0.129 e. The van der Waals surface area contributed by atoms with Crippen LogP contribution >= 0.6 is 15.9 Å². The van der Waals surface area contributed by atoms with Gasteiger partial charge < -0.3 is 10.8 Å². The average Bonchev–Trinajstić information content (AvgIpc) is 2.25. The van der Waals surface area contributed by atoms with Crippen LogP contribution in [0.15, 0.2) is 22.7 Å². The molecule has 1 aromatic rings. The van der Waals surface area contributed by atoms with Crippen molar-refractivity contribution < 1.29 is 9.50 Å². The highest BCUT2D eigenvalue weighted by Gasteiger charge is 2.20. The molecular weight excluding hydrogens is 285 g/mol. The third-order valence-electron chi connectivity index (χ3n) is 2.78. The molecule has 0 aliphatic carbocycles. The Morgan fingerprint density at radius 2 is 2.00 bits per heavy atom. The number of aliphatic hydroxyl groups excluding tert-OH is 1. The molecule has 0 radical (unpaired) electrons. The van der Waals surface area contributed by atoms with E-state index in [1.165, 1.54) is 6.07 Å². The zero-order chi connectivity index (χ0) is 13.0. The zero-order valence-corrected chi connectivity index (χ0v) is 11.7. The number of rotatable bonds is 5. The van der Waals surface area contributed by atoms with Crippen LogP contribution in [0.5, 0.6) is 0 Å². The summed E-state index contributed by atoms with van der Waals surface area (Å²) in [6.45, 7) is 4.16. The molecule has 3 N–H and O–H groups in total. The molecule has 1 aromatic carbocycles. The van der Waals surface area contributed by atoms with Gasteiger partial charge in [-0.15, -0.1) is 0 Å². The van der Waals surface area contributed by atoms with Crippen LogP contribution in [0.4, 0.5) is 4.39 Å². The molecule has 0 unspecified atom stereocenters. The lowest BCUT2D eigenvalue weighted by atomic mass is 9.96. The first-order chi connectivity index (χ1) is 7.91. The Kier molecular flexibility index (Phi) is 5.56. The Morgan fingerprint density at radius 3 is 2.53 bits per heavy atom. The highest BCUT2D eigenvalue weighted by Crippen LogP contribution is 2.24. The van der Waals surface area contributed by atoms with Crippen molar-refractivity contribution in [2.24, 2.45) is 11.7 Å². The van der Waals surface area contributed by atoms with Crippen molar-refractivity contribution in [3.8, 4) is 0 Å². The SMILES string of the molecule is CC(C)CC[C@@H](O)[C@@H](N)c1ccc(Br)cc1F. The normalized spacial score (nSPS) is 15.0. The van der Waals surface area contributed by atoms with E-state index >= 15 is 0 Å². The molecule has 0 aliphatic heterocycles. The summed E-state index contributed by atoms with van der Waals surface area (Å²) in [7, 11) is 0. The maximum atomic E-state index is 13.6. The summed E-state index contributed by atoms with van der Waals surface area (Å²) in [6.07, 6.45) is 0.773. The summed E-state index contributed by atoms with van der Waals surface area (Å²) >= 11 is 3.19. The molecule has 0 aromatic heterocycles. The molecule has 0 fully saturated rings. The molecule has 2 atom stereocenters. The van der Waals surface area contributed by atoms with E-state index in [-0.39, 0.29) is 5.82 Å². The van der Waals surface area contributed by atoms with Crippen LogP contribution in [0.25, 0.3) is 0 Å². The smallest absolute Gasteiger partial charge is 0.129 e. The summed E-state index contributed by atoms with van der Waals surface area (Å²) in [5.41, 5.74) is 6.24. The van der Waals surface area contributed by atoms with Crippen LogP contribution in [-0.2, 0) is 0 Å². The molecule has 0 spiro atoms. The van der Waals surface area contributed by atoms with Crippen molar-refractivity contribution >= 4 is 15.9 Å². The minimum Gasteiger partial charge on any atom is -0.391 e. The van der Waals surface area contributed by atoms with Gasteiger partial charge in [0.1, 0.15) is 5.82 Å². The van der Waals surface area contributed by atoms with Crippen molar-refractivity contribution in [2.75, 3.05) is 0 Å². The third-order valence-corrected chi connectivity index (χ3v) is 3.27. The molecular formula is C13H19BrFNO. The van der Waals surface area contributed by atoms with E-state index < -0.39 is 12.1 Å². The second-order valence-electron chi connectivity index (χ2n) is 4.73. The number of aliphatic hydroxyl groups is 1. The van der Waals surface area contributed by atoms with Crippen LogP contribution in [0.1, 0.15) is 38.3 Å². The lowest BCUT2D eigenvalue weighted by molar-refractivity contribution is 0.127. The van der Waals surface area contributed by atoms with Gasteiger partial charge in [0.25, 0.3) is 0 Å². The van der Waals surface area contributed by atoms with Gasteiger partial charge in [-0.05, 0) is 30.9 Å². The summed E-state index contributed by atoms with van der Waals surface area (Å²) in [4.78, 5) is 0. The van der Waals surface area contributed by atoms with Crippen molar-refractivity contribution in [3.05, 3.63) is 34.1 Å². The lowest BCUT2D eigenvalue weighted by Gasteiger charge is -2.20. The first kappa shape index (κ1) is 14.6. The highest BCUT2D eigenvalue weighted by atomic mass is 79.9. The van der Waals surface area contributed by atoms with Crippen LogP contribution < -0.4 is 5.73 Å². The van der Waals surface area contributed by atoms with Gasteiger partial charge in [-0.25, -0.2) is 4.39 Å².